The lowest BCUT2D eigenvalue weighted by atomic mass is 10.1. The van der Waals surface area contributed by atoms with Crippen molar-refractivity contribution in [3.63, 3.8) is 0 Å². The van der Waals surface area contributed by atoms with Crippen LogP contribution in [-0.4, -0.2) is 39.7 Å². The van der Waals surface area contributed by atoms with Crippen molar-refractivity contribution in [2.45, 2.75) is 96.8 Å². The highest BCUT2D eigenvalue weighted by molar-refractivity contribution is 5.78. The standard InChI is InChI=1S/C18H34O2.C9H7NO.C8H8O3/c1-2-3-4-5-6-7-8-9-10-11-12-13-14-15-16-17-18(19)20;11-9-6-5-7-3-1-2-4-8(7)10-9;1-11-8-4-6(5-9)2-3-7(8)10/h9-10H,2-8,11-17H2,1H3,(H,19,20);1-6H,(H,10,11);2-5,10H,1H3. The van der Waals surface area contributed by atoms with E-state index in [-0.39, 0.29) is 11.6 Å². The van der Waals surface area contributed by atoms with Crippen molar-refractivity contribution in [3.8, 4) is 17.4 Å². The van der Waals surface area contributed by atoms with Crippen LogP contribution in [0.15, 0.2) is 66.7 Å². The number of ether oxygens (including phenoxy) is 1. The fraction of sp³-hybridized carbons (Fsp3) is 0.457. The molecule has 0 spiro atoms. The molecule has 3 N–H and O–H groups in total. The number of aromatic nitrogens is 1. The molecule has 0 radical (unpaired) electrons. The van der Waals surface area contributed by atoms with E-state index in [0.717, 1.165) is 23.7 Å². The number of aromatic hydroxyl groups is 2. The molecular formula is C35H49NO6. The zero-order valence-electron chi connectivity index (χ0n) is 25.3. The summed E-state index contributed by atoms with van der Waals surface area (Å²) in [7, 11) is 1.43. The molecule has 0 bridgehead atoms. The van der Waals surface area contributed by atoms with Gasteiger partial charge >= 0.3 is 5.97 Å². The fourth-order valence-corrected chi connectivity index (χ4v) is 4.17. The van der Waals surface area contributed by atoms with Gasteiger partial charge in [-0.2, -0.15) is 0 Å². The Morgan fingerprint density at radius 1 is 0.810 bits per heavy atom. The lowest BCUT2D eigenvalue weighted by Gasteiger charge is -2.01. The third-order valence-electron chi connectivity index (χ3n) is 6.58. The lowest BCUT2D eigenvalue weighted by Crippen LogP contribution is -1.93. The van der Waals surface area contributed by atoms with E-state index in [1.54, 1.807) is 6.07 Å². The predicted octanol–water partition coefficient (Wildman–Crippen LogP) is 9.26. The number of carboxylic acids is 1. The van der Waals surface area contributed by atoms with Crippen molar-refractivity contribution in [2.75, 3.05) is 7.11 Å². The molecule has 230 valence electrons. The Bertz CT molecular complexity index is 1180. The monoisotopic (exact) mass is 579 g/mol. The highest BCUT2D eigenvalue weighted by atomic mass is 16.5. The van der Waals surface area contributed by atoms with Gasteiger partial charge in [0, 0.05) is 23.4 Å². The van der Waals surface area contributed by atoms with Crippen molar-refractivity contribution >= 4 is 23.2 Å². The number of aliphatic carboxylic acids is 1. The Hall–Kier alpha value is -3.87. The molecule has 3 aromatic rings. The zero-order chi connectivity index (χ0) is 30.8. The Morgan fingerprint density at radius 2 is 1.43 bits per heavy atom. The predicted molar refractivity (Wildman–Crippen MR) is 171 cm³/mol. The van der Waals surface area contributed by atoms with E-state index in [1.165, 1.54) is 95.9 Å². The van der Waals surface area contributed by atoms with Gasteiger partial charge in [-0.05, 0) is 62.4 Å². The molecular weight excluding hydrogens is 530 g/mol. The van der Waals surface area contributed by atoms with Gasteiger partial charge < -0.3 is 20.1 Å². The summed E-state index contributed by atoms with van der Waals surface area (Å²) in [6, 6.07) is 15.5. The number of nitrogens with zero attached hydrogens (tertiary/aromatic N) is 1. The topological polar surface area (TPSA) is 117 Å². The largest absolute Gasteiger partial charge is 0.504 e. The first-order valence-electron chi connectivity index (χ1n) is 15.1. The van der Waals surface area contributed by atoms with Gasteiger partial charge in [0.15, 0.2) is 11.5 Å². The average molecular weight is 580 g/mol. The zero-order valence-corrected chi connectivity index (χ0v) is 25.3. The van der Waals surface area contributed by atoms with E-state index in [2.05, 4.69) is 24.1 Å². The maximum Gasteiger partial charge on any atom is 0.303 e. The second kappa shape index (κ2) is 23.8. The molecule has 0 aliphatic rings. The average Bonchev–Trinajstić information content (AvgIpc) is 3.00. The highest BCUT2D eigenvalue weighted by Gasteiger charge is 2.00. The smallest absolute Gasteiger partial charge is 0.303 e. The molecule has 7 heteroatoms. The van der Waals surface area contributed by atoms with Gasteiger partial charge in [0.1, 0.15) is 6.29 Å². The summed E-state index contributed by atoms with van der Waals surface area (Å²) in [5, 5.41) is 27.7. The third-order valence-corrected chi connectivity index (χ3v) is 6.58. The number of methoxy groups -OCH3 is 1. The molecule has 1 heterocycles. The number of carbonyl (C=O) groups is 2. The molecule has 42 heavy (non-hydrogen) atoms. The van der Waals surface area contributed by atoms with Crippen LogP contribution in [0.5, 0.6) is 17.4 Å². The first kappa shape index (κ1) is 36.2. The van der Waals surface area contributed by atoms with E-state index in [0.29, 0.717) is 24.0 Å². The number of fused-ring (bicyclic) bond motifs is 1. The van der Waals surface area contributed by atoms with Gasteiger partial charge in [0.05, 0.1) is 12.6 Å². The first-order valence-corrected chi connectivity index (χ1v) is 15.1. The number of pyridine rings is 1. The van der Waals surface area contributed by atoms with Gasteiger partial charge in [0.25, 0.3) is 0 Å². The number of para-hydroxylation sites is 1. The van der Waals surface area contributed by atoms with Crippen LogP contribution in [-0.2, 0) is 4.79 Å². The number of unbranched alkanes of at least 4 members (excludes halogenated alkanes) is 11. The molecule has 0 amide bonds. The van der Waals surface area contributed by atoms with Crippen LogP contribution in [0.25, 0.3) is 10.9 Å². The summed E-state index contributed by atoms with van der Waals surface area (Å²) in [6.07, 6.45) is 21.9. The van der Waals surface area contributed by atoms with Crippen molar-refractivity contribution in [3.05, 3.63) is 72.3 Å². The van der Waals surface area contributed by atoms with E-state index in [9.17, 15) is 9.59 Å². The number of hydrogen-bond acceptors (Lipinski definition) is 6. The lowest BCUT2D eigenvalue weighted by molar-refractivity contribution is -0.137. The van der Waals surface area contributed by atoms with Crippen molar-refractivity contribution in [2.24, 2.45) is 0 Å². The molecule has 7 nitrogen and oxygen atoms in total. The van der Waals surface area contributed by atoms with E-state index < -0.39 is 5.97 Å². The molecule has 0 saturated carbocycles. The number of phenols is 1. The van der Waals surface area contributed by atoms with Crippen LogP contribution in [0.4, 0.5) is 0 Å². The SMILES string of the molecule is CCCCCCCCC=CCCCCCCCC(=O)O.COc1cc(C=O)ccc1O.Oc1ccc2ccccc2n1. The van der Waals surface area contributed by atoms with Crippen LogP contribution < -0.4 is 4.74 Å². The first-order chi connectivity index (χ1) is 20.4. The normalized spacial score (nSPS) is 10.4. The molecule has 0 saturated heterocycles. The van der Waals surface area contributed by atoms with Crippen LogP contribution >= 0.6 is 0 Å². The molecule has 0 unspecified atom stereocenters. The van der Waals surface area contributed by atoms with Gasteiger partial charge in [0.2, 0.25) is 5.88 Å². The van der Waals surface area contributed by atoms with Gasteiger partial charge in [-0.3, -0.25) is 9.59 Å². The molecule has 0 aliphatic carbocycles. The molecule has 1 aromatic heterocycles. The number of benzene rings is 2. The number of rotatable bonds is 17. The molecule has 2 aromatic carbocycles. The summed E-state index contributed by atoms with van der Waals surface area (Å²) in [5.41, 5.74) is 1.31. The van der Waals surface area contributed by atoms with E-state index in [4.69, 9.17) is 20.1 Å². The van der Waals surface area contributed by atoms with Gasteiger partial charge in [-0.25, -0.2) is 4.98 Å². The Labute approximate surface area is 251 Å². The highest BCUT2D eigenvalue weighted by Crippen LogP contribution is 2.25. The summed E-state index contributed by atoms with van der Waals surface area (Å²) >= 11 is 0. The number of carboxylic acid groups (broad SMARTS) is 1. The minimum absolute atomic E-state index is 0.0399. The minimum Gasteiger partial charge on any atom is -0.504 e. The number of aldehydes is 1. The Morgan fingerprint density at radius 3 is 2.05 bits per heavy atom. The summed E-state index contributed by atoms with van der Waals surface area (Å²) in [6.45, 7) is 2.26. The van der Waals surface area contributed by atoms with Crippen molar-refractivity contribution in [1.29, 1.82) is 0 Å². The second-order valence-corrected chi connectivity index (χ2v) is 10.1. The number of hydrogen-bond donors (Lipinski definition) is 3. The van der Waals surface area contributed by atoms with Gasteiger partial charge in [-0.1, -0.05) is 88.6 Å². The molecule has 3 rings (SSSR count). The van der Waals surface area contributed by atoms with E-state index in [1.807, 2.05) is 30.3 Å². The number of phenolic OH excluding ortho intramolecular Hbond substituents is 1. The maximum atomic E-state index is 10.3. The summed E-state index contributed by atoms with van der Waals surface area (Å²) < 4.78 is 4.78. The minimum atomic E-state index is -0.664. The summed E-state index contributed by atoms with van der Waals surface area (Å²) in [4.78, 5) is 24.5. The maximum absolute atomic E-state index is 10.3. The van der Waals surface area contributed by atoms with E-state index >= 15 is 0 Å². The number of allylic oxidation sites excluding steroid dienone is 2. The van der Waals surface area contributed by atoms with Crippen LogP contribution in [0, 0.1) is 0 Å². The molecule has 0 aliphatic heterocycles. The van der Waals surface area contributed by atoms with Crippen molar-refractivity contribution < 1.29 is 29.6 Å². The summed E-state index contributed by atoms with van der Waals surface area (Å²) in [5.74, 6) is -0.237. The van der Waals surface area contributed by atoms with Crippen LogP contribution in [0.2, 0.25) is 0 Å². The van der Waals surface area contributed by atoms with Crippen LogP contribution in [0.1, 0.15) is 107 Å². The molecule has 0 fully saturated rings. The fourth-order valence-electron chi connectivity index (χ4n) is 4.17. The quantitative estimate of drug-likeness (QED) is 0.0828. The molecule has 0 atom stereocenters. The Kier molecular flexibility index (Phi) is 20.5. The Balaban J connectivity index is 0.000000337. The van der Waals surface area contributed by atoms with Crippen LogP contribution in [0.3, 0.4) is 0 Å². The third kappa shape index (κ3) is 17.7. The second-order valence-electron chi connectivity index (χ2n) is 10.1. The number of carbonyl (C=O) groups excluding carboxylic acids is 1. The van der Waals surface area contributed by atoms with Gasteiger partial charge in [-0.15, -0.1) is 0 Å². The van der Waals surface area contributed by atoms with Crippen molar-refractivity contribution in [1.82, 2.24) is 4.98 Å².